The van der Waals surface area contributed by atoms with Gasteiger partial charge in [0.15, 0.2) is 0 Å². The molecule has 0 spiro atoms. The molecular formula is C10H13FN2. The van der Waals surface area contributed by atoms with Crippen LogP contribution in [0.2, 0.25) is 0 Å². The van der Waals surface area contributed by atoms with Gasteiger partial charge in [0.2, 0.25) is 0 Å². The molecule has 0 aliphatic carbocycles. The molecule has 0 aromatic heterocycles. The first-order valence-electron chi connectivity index (χ1n) is 4.22. The van der Waals surface area contributed by atoms with Crippen molar-refractivity contribution >= 4 is 11.5 Å². The molecule has 0 aliphatic heterocycles. The summed E-state index contributed by atoms with van der Waals surface area (Å²) in [6.07, 6.45) is 0.705. The third-order valence-electron chi connectivity index (χ3n) is 1.79. The molecule has 3 heteroatoms. The molecule has 0 fully saturated rings. The van der Waals surface area contributed by atoms with Gasteiger partial charge >= 0.3 is 0 Å². The highest BCUT2D eigenvalue weighted by molar-refractivity contribution is 5.83. The van der Waals surface area contributed by atoms with Crippen molar-refractivity contribution in [3.8, 4) is 0 Å². The minimum Gasteiger partial charge on any atom is -0.387 e. The van der Waals surface area contributed by atoms with E-state index in [0.29, 0.717) is 12.3 Å². The molecule has 0 saturated carbocycles. The fourth-order valence-electron chi connectivity index (χ4n) is 0.978. The maximum atomic E-state index is 12.7. The fraction of sp³-hybridized carbons (Fsp3) is 0.300. The van der Waals surface area contributed by atoms with Gasteiger partial charge in [-0.15, -0.1) is 0 Å². The van der Waals surface area contributed by atoms with E-state index in [9.17, 15) is 4.39 Å². The zero-order valence-electron chi connectivity index (χ0n) is 7.84. The fourth-order valence-corrected chi connectivity index (χ4v) is 0.978. The van der Waals surface area contributed by atoms with E-state index in [1.54, 1.807) is 6.07 Å². The lowest BCUT2D eigenvalue weighted by Crippen LogP contribution is -2.08. The SMILES string of the molecule is CCC(N)=Nc1ccc(F)cc1C. The van der Waals surface area contributed by atoms with Crippen LogP contribution in [-0.4, -0.2) is 5.84 Å². The number of aliphatic imine (C=N–C) groups is 1. The summed E-state index contributed by atoms with van der Waals surface area (Å²) in [4.78, 5) is 4.15. The van der Waals surface area contributed by atoms with Crippen molar-refractivity contribution in [2.45, 2.75) is 20.3 Å². The molecule has 0 atom stereocenters. The van der Waals surface area contributed by atoms with Gasteiger partial charge < -0.3 is 5.73 Å². The van der Waals surface area contributed by atoms with Crippen molar-refractivity contribution in [2.24, 2.45) is 10.7 Å². The van der Waals surface area contributed by atoms with Gasteiger partial charge in [-0.05, 0) is 30.7 Å². The Morgan fingerprint density at radius 1 is 1.54 bits per heavy atom. The molecule has 0 heterocycles. The Hall–Kier alpha value is -1.38. The second-order valence-electron chi connectivity index (χ2n) is 2.89. The third kappa shape index (κ3) is 2.54. The van der Waals surface area contributed by atoms with E-state index in [0.717, 1.165) is 11.3 Å². The van der Waals surface area contributed by atoms with Crippen LogP contribution in [0.25, 0.3) is 0 Å². The quantitative estimate of drug-likeness (QED) is 0.551. The Labute approximate surface area is 77.3 Å². The van der Waals surface area contributed by atoms with Crippen molar-refractivity contribution in [1.29, 1.82) is 0 Å². The number of hydrogen-bond acceptors (Lipinski definition) is 1. The molecule has 0 amide bonds. The van der Waals surface area contributed by atoms with Crippen LogP contribution in [-0.2, 0) is 0 Å². The minimum atomic E-state index is -0.244. The molecular weight excluding hydrogens is 167 g/mol. The number of rotatable bonds is 2. The van der Waals surface area contributed by atoms with Gasteiger partial charge in [0.1, 0.15) is 5.82 Å². The van der Waals surface area contributed by atoms with Crippen molar-refractivity contribution < 1.29 is 4.39 Å². The maximum Gasteiger partial charge on any atom is 0.123 e. The minimum absolute atomic E-state index is 0.244. The highest BCUT2D eigenvalue weighted by Crippen LogP contribution is 2.18. The number of nitrogens with two attached hydrogens (primary N) is 1. The molecule has 0 saturated heterocycles. The predicted molar refractivity (Wildman–Crippen MR) is 52.7 cm³/mol. The van der Waals surface area contributed by atoms with Crippen molar-refractivity contribution in [2.75, 3.05) is 0 Å². The van der Waals surface area contributed by atoms with Gasteiger partial charge in [0.05, 0.1) is 11.5 Å². The van der Waals surface area contributed by atoms with Crippen LogP contribution in [0.5, 0.6) is 0 Å². The first-order chi connectivity index (χ1) is 6.13. The van der Waals surface area contributed by atoms with Crippen LogP contribution < -0.4 is 5.73 Å². The second kappa shape index (κ2) is 4.03. The largest absolute Gasteiger partial charge is 0.387 e. The van der Waals surface area contributed by atoms with Crippen LogP contribution >= 0.6 is 0 Å². The average molecular weight is 180 g/mol. The third-order valence-corrected chi connectivity index (χ3v) is 1.79. The predicted octanol–water partition coefficient (Wildman–Crippen LogP) is 2.53. The summed E-state index contributed by atoms with van der Waals surface area (Å²) < 4.78 is 12.7. The summed E-state index contributed by atoms with van der Waals surface area (Å²) in [7, 11) is 0. The van der Waals surface area contributed by atoms with E-state index in [2.05, 4.69) is 4.99 Å². The smallest absolute Gasteiger partial charge is 0.123 e. The van der Waals surface area contributed by atoms with Crippen LogP contribution in [0.15, 0.2) is 23.2 Å². The molecule has 2 N–H and O–H groups in total. The van der Waals surface area contributed by atoms with E-state index >= 15 is 0 Å². The number of hydrogen-bond donors (Lipinski definition) is 1. The summed E-state index contributed by atoms with van der Waals surface area (Å²) in [5.41, 5.74) is 7.11. The van der Waals surface area contributed by atoms with Gasteiger partial charge in [-0.2, -0.15) is 0 Å². The molecule has 1 aromatic carbocycles. The summed E-state index contributed by atoms with van der Waals surface area (Å²) >= 11 is 0. The van der Waals surface area contributed by atoms with Crippen LogP contribution in [0, 0.1) is 12.7 Å². The summed E-state index contributed by atoms with van der Waals surface area (Å²) in [5.74, 6) is 0.321. The standard InChI is InChI=1S/C10H13FN2/c1-3-10(12)13-9-5-4-8(11)6-7(9)2/h4-6H,3H2,1-2H3,(H2,12,13). The lowest BCUT2D eigenvalue weighted by molar-refractivity contribution is 0.627. The van der Waals surface area contributed by atoms with Crippen molar-refractivity contribution in [1.82, 2.24) is 0 Å². The first-order valence-corrected chi connectivity index (χ1v) is 4.22. The van der Waals surface area contributed by atoms with E-state index in [4.69, 9.17) is 5.73 Å². The Morgan fingerprint density at radius 3 is 2.77 bits per heavy atom. The molecule has 13 heavy (non-hydrogen) atoms. The number of halogens is 1. The number of nitrogens with zero attached hydrogens (tertiary/aromatic N) is 1. The molecule has 1 rings (SSSR count). The Balaban J connectivity index is 3.03. The number of aryl methyl sites for hydroxylation is 1. The second-order valence-corrected chi connectivity index (χ2v) is 2.89. The van der Waals surface area contributed by atoms with E-state index in [-0.39, 0.29) is 5.82 Å². The van der Waals surface area contributed by atoms with Crippen LogP contribution in [0.4, 0.5) is 10.1 Å². The monoisotopic (exact) mass is 180 g/mol. The lowest BCUT2D eigenvalue weighted by atomic mass is 10.2. The summed E-state index contributed by atoms with van der Waals surface area (Å²) in [6.45, 7) is 3.74. The molecule has 2 nitrogen and oxygen atoms in total. The van der Waals surface area contributed by atoms with E-state index in [1.807, 2.05) is 13.8 Å². The van der Waals surface area contributed by atoms with Gasteiger partial charge in [0.25, 0.3) is 0 Å². The summed E-state index contributed by atoms with van der Waals surface area (Å²) in [6, 6.07) is 4.46. The van der Waals surface area contributed by atoms with Crippen molar-refractivity contribution in [3.63, 3.8) is 0 Å². The molecule has 0 bridgehead atoms. The van der Waals surface area contributed by atoms with Gasteiger partial charge in [0, 0.05) is 6.42 Å². The van der Waals surface area contributed by atoms with Gasteiger partial charge in [-0.1, -0.05) is 6.92 Å². The molecule has 0 aliphatic rings. The number of amidine groups is 1. The highest BCUT2D eigenvalue weighted by Gasteiger charge is 1.98. The van der Waals surface area contributed by atoms with Crippen LogP contribution in [0.1, 0.15) is 18.9 Å². The molecule has 1 aromatic rings. The maximum absolute atomic E-state index is 12.7. The van der Waals surface area contributed by atoms with Gasteiger partial charge in [-0.3, -0.25) is 0 Å². The summed E-state index contributed by atoms with van der Waals surface area (Å²) in [5, 5.41) is 0. The van der Waals surface area contributed by atoms with E-state index in [1.165, 1.54) is 12.1 Å². The lowest BCUT2D eigenvalue weighted by Gasteiger charge is -2.01. The normalized spacial score (nSPS) is 11.8. The van der Waals surface area contributed by atoms with Crippen molar-refractivity contribution in [3.05, 3.63) is 29.6 Å². The van der Waals surface area contributed by atoms with E-state index < -0.39 is 0 Å². The van der Waals surface area contributed by atoms with Gasteiger partial charge in [-0.25, -0.2) is 9.38 Å². The highest BCUT2D eigenvalue weighted by atomic mass is 19.1. The van der Waals surface area contributed by atoms with Crippen LogP contribution in [0.3, 0.4) is 0 Å². The number of benzene rings is 1. The Morgan fingerprint density at radius 2 is 2.23 bits per heavy atom. The average Bonchev–Trinajstić information content (AvgIpc) is 2.09. The topological polar surface area (TPSA) is 38.4 Å². The zero-order valence-corrected chi connectivity index (χ0v) is 7.84. The Bertz CT molecular complexity index is 332. The molecule has 70 valence electrons. The Kier molecular flexibility index (Phi) is 3.01. The first kappa shape index (κ1) is 9.71. The molecule has 0 radical (unpaired) electrons. The molecule has 0 unspecified atom stereocenters. The zero-order chi connectivity index (χ0) is 9.84.